The number of sulfone groups is 1. The summed E-state index contributed by atoms with van der Waals surface area (Å²) < 4.78 is 23.8. The maximum Gasteiger partial charge on any atom is 0.317 e. The number of likely N-dealkylation sites (tertiary alicyclic amines) is 1. The monoisotopic (exact) mass is 330 g/mol. The number of carbonyl (C=O) groups excluding carboxylic acids is 1. The van der Waals surface area contributed by atoms with Crippen molar-refractivity contribution in [3.63, 3.8) is 0 Å². The summed E-state index contributed by atoms with van der Waals surface area (Å²) >= 11 is 0. The Morgan fingerprint density at radius 2 is 1.77 bits per heavy atom. The summed E-state index contributed by atoms with van der Waals surface area (Å²) in [6, 6.07) is -0.0230. The highest BCUT2D eigenvalue weighted by Gasteiger charge is 2.30. The molecule has 1 saturated heterocycles. The topological polar surface area (TPSA) is 66.5 Å². The van der Waals surface area contributed by atoms with Gasteiger partial charge >= 0.3 is 6.03 Å². The average molecular weight is 330 g/mol. The number of amides is 2. The molecular weight excluding hydrogens is 300 g/mol. The van der Waals surface area contributed by atoms with Gasteiger partial charge < -0.3 is 10.2 Å². The molecule has 1 heterocycles. The summed E-state index contributed by atoms with van der Waals surface area (Å²) in [5.74, 6) is 1.48. The lowest BCUT2D eigenvalue weighted by Crippen LogP contribution is -2.48. The van der Waals surface area contributed by atoms with Crippen molar-refractivity contribution in [2.45, 2.75) is 57.6 Å². The molecule has 0 aromatic rings. The van der Waals surface area contributed by atoms with Gasteiger partial charge in [0, 0.05) is 25.4 Å². The van der Waals surface area contributed by atoms with Gasteiger partial charge in [-0.15, -0.1) is 0 Å². The van der Waals surface area contributed by atoms with Crippen LogP contribution < -0.4 is 5.32 Å². The summed E-state index contributed by atoms with van der Waals surface area (Å²) in [5.41, 5.74) is 0. The quantitative estimate of drug-likeness (QED) is 0.861. The number of rotatable bonds is 4. The van der Waals surface area contributed by atoms with Gasteiger partial charge in [0.25, 0.3) is 0 Å². The molecule has 2 fully saturated rings. The summed E-state index contributed by atoms with van der Waals surface area (Å²) in [6.45, 7) is 5.83. The van der Waals surface area contributed by atoms with E-state index in [9.17, 15) is 13.2 Å². The standard InChI is InChI=1S/C16H30N2O3S/c1-3-22(20,21)15-8-10-18(11-9-15)16(19)17-12-14-7-5-4-6-13(14)2/h13-15H,3-12H2,1-2H3,(H,17,19)/t13-,14-/m1/s1. The molecule has 1 aliphatic heterocycles. The van der Waals surface area contributed by atoms with E-state index in [1.54, 1.807) is 11.8 Å². The van der Waals surface area contributed by atoms with Crippen LogP contribution in [0.1, 0.15) is 52.4 Å². The summed E-state index contributed by atoms with van der Waals surface area (Å²) in [6.07, 6.45) is 6.20. The van der Waals surface area contributed by atoms with E-state index in [1.165, 1.54) is 25.7 Å². The van der Waals surface area contributed by atoms with Gasteiger partial charge in [0.2, 0.25) is 0 Å². The summed E-state index contributed by atoms with van der Waals surface area (Å²) in [5, 5.41) is 2.79. The Morgan fingerprint density at radius 3 is 2.36 bits per heavy atom. The lowest BCUT2D eigenvalue weighted by atomic mass is 9.80. The Kier molecular flexibility index (Phi) is 6.12. The average Bonchev–Trinajstić information content (AvgIpc) is 2.54. The third-order valence-electron chi connectivity index (χ3n) is 5.44. The zero-order valence-electron chi connectivity index (χ0n) is 13.9. The number of carbonyl (C=O) groups is 1. The molecule has 2 amide bonds. The van der Waals surface area contributed by atoms with Crippen molar-refractivity contribution in [3.05, 3.63) is 0 Å². The molecule has 0 bridgehead atoms. The molecule has 22 heavy (non-hydrogen) atoms. The zero-order chi connectivity index (χ0) is 16.2. The molecule has 1 saturated carbocycles. The Hall–Kier alpha value is -0.780. The van der Waals surface area contributed by atoms with Crippen molar-refractivity contribution in [3.8, 4) is 0 Å². The number of nitrogens with zero attached hydrogens (tertiary/aromatic N) is 1. The van der Waals surface area contributed by atoms with Gasteiger partial charge in [0.05, 0.1) is 5.25 Å². The van der Waals surface area contributed by atoms with Crippen LogP contribution in [0.2, 0.25) is 0 Å². The fraction of sp³-hybridized carbons (Fsp3) is 0.938. The van der Waals surface area contributed by atoms with Crippen LogP contribution in [-0.4, -0.2) is 50.0 Å². The van der Waals surface area contributed by atoms with Gasteiger partial charge in [-0.2, -0.15) is 0 Å². The number of hydrogen-bond acceptors (Lipinski definition) is 3. The lowest BCUT2D eigenvalue weighted by Gasteiger charge is -2.33. The predicted octanol–water partition coefficient (Wildman–Crippen LogP) is 2.42. The lowest BCUT2D eigenvalue weighted by molar-refractivity contribution is 0.178. The minimum Gasteiger partial charge on any atom is -0.338 e. The van der Waals surface area contributed by atoms with E-state index in [1.807, 2.05) is 0 Å². The molecule has 0 aromatic carbocycles. The van der Waals surface area contributed by atoms with Crippen molar-refractivity contribution in [1.82, 2.24) is 10.2 Å². The van der Waals surface area contributed by atoms with Crippen LogP contribution in [0, 0.1) is 11.8 Å². The maximum absolute atomic E-state index is 12.2. The van der Waals surface area contributed by atoms with E-state index in [2.05, 4.69) is 12.2 Å². The number of urea groups is 1. The normalized spacial score (nSPS) is 27.6. The fourth-order valence-electron chi connectivity index (χ4n) is 3.68. The Bertz CT molecular complexity index is 470. The molecule has 0 unspecified atom stereocenters. The van der Waals surface area contributed by atoms with Crippen LogP contribution in [-0.2, 0) is 9.84 Å². The highest BCUT2D eigenvalue weighted by molar-refractivity contribution is 7.92. The summed E-state index contributed by atoms with van der Waals surface area (Å²) in [7, 11) is -2.97. The van der Waals surface area contributed by atoms with Crippen LogP contribution in [0.15, 0.2) is 0 Å². The van der Waals surface area contributed by atoms with Crippen LogP contribution >= 0.6 is 0 Å². The molecular formula is C16H30N2O3S. The van der Waals surface area contributed by atoms with Crippen LogP contribution in [0.3, 0.4) is 0 Å². The van der Waals surface area contributed by atoms with Gasteiger partial charge in [0.15, 0.2) is 9.84 Å². The van der Waals surface area contributed by atoms with Crippen molar-refractivity contribution in [1.29, 1.82) is 0 Å². The molecule has 0 spiro atoms. The second-order valence-electron chi connectivity index (χ2n) is 6.85. The summed E-state index contributed by atoms with van der Waals surface area (Å²) in [4.78, 5) is 14.0. The zero-order valence-corrected chi connectivity index (χ0v) is 14.7. The van der Waals surface area contributed by atoms with Crippen molar-refractivity contribution in [2.24, 2.45) is 11.8 Å². The molecule has 5 nitrogen and oxygen atoms in total. The molecule has 1 N–H and O–H groups in total. The van der Waals surface area contributed by atoms with Crippen molar-refractivity contribution in [2.75, 3.05) is 25.4 Å². The van der Waals surface area contributed by atoms with E-state index < -0.39 is 9.84 Å². The van der Waals surface area contributed by atoms with Gasteiger partial charge in [-0.25, -0.2) is 13.2 Å². The third-order valence-corrected chi connectivity index (χ3v) is 7.74. The van der Waals surface area contributed by atoms with Gasteiger partial charge in [-0.3, -0.25) is 0 Å². The van der Waals surface area contributed by atoms with E-state index in [-0.39, 0.29) is 17.0 Å². The Morgan fingerprint density at radius 1 is 1.14 bits per heavy atom. The molecule has 0 aromatic heterocycles. The van der Waals surface area contributed by atoms with E-state index >= 15 is 0 Å². The molecule has 2 aliphatic rings. The number of piperidine rings is 1. The Labute approximate surface area is 134 Å². The third kappa shape index (κ3) is 4.37. The van der Waals surface area contributed by atoms with Gasteiger partial charge in [0.1, 0.15) is 0 Å². The molecule has 1 aliphatic carbocycles. The molecule has 6 heteroatoms. The SMILES string of the molecule is CCS(=O)(=O)C1CCN(C(=O)NC[C@H]2CCCC[C@H]2C)CC1. The highest BCUT2D eigenvalue weighted by atomic mass is 32.2. The van der Waals surface area contributed by atoms with Crippen LogP contribution in [0.5, 0.6) is 0 Å². The first-order chi connectivity index (χ1) is 10.4. The van der Waals surface area contributed by atoms with E-state index in [0.29, 0.717) is 37.8 Å². The first-order valence-electron chi connectivity index (χ1n) is 8.68. The van der Waals surface area contributed by atoms with Gasteiger partial charge in [-0.1, -0.05) is 33.1 Å². The second kappa shape index (κ2) is 7.66. The molecule has 0 radical (unpaired) electrons. The Balaban J connectivity index is 1.75. The molecule has 128 valence electrons. The first kappa shape index (κ1) is 17.6. The van der Waals surface area contributed by atoms with Crippen LogP contribution in [0.4, 0.5) is 4.79 Å². The number of nitrogens with one attached hydrogen (secondary N) is 1. The first-order valence-corrected chi connectivity index (χ1v) is 10.4. The minimum atomic E-state index is -2.97. The van der Waals surface area contributed by atoms with Gasteiger partial charge in [-0.05, 0) is 31.1 Å². The highest BCUT2D eigenvalue weighted by Crippen LogP contribution is 2.29. The maximum atomic E-state index is 12.2. The largest absolute Gasteiger partial charge is 0.338 e. The molecule has 2 atom stereocenters. The second-order valence-corrected chi connectivity index (χ2v) is 9.42. The minimum absolute atomic E-state index is 0.0230. The van der Waals surface area contributed by atoms with Crippen LogP contribution in [0.25, 0.3) is 0 Å². The van der Waals surface area contributed by atoms with E-state index in [4.69, 9.17) is 0 Å². The van der Waals surface area contributed by atoms with Crippen molar-refractivity contribution >= 4 is 15.9 Å². The fourth-order valence-corrected chi connectivity index (χ4v) is 5.08. The predicted molar refractivity (Wildman–Crippen MR) is 88.6 cm³/mol. The van der Waals surface area contributed by atoms with Crippen molar-refractivity contribution < 1.29 is 13.2 Å². The van der Waals surface area contributed by atoms with E-state index in [0.717, 1.165) is 6.54 Å². The molecule has 2 rings (SSSR count). The smallest absolute Gasteiger partial charge is 0.317 e. The number of hydrogen-bond donors (Lipinski definition) is 1.